The summed E-state index contributed by atoms with van der Waals surface area (Å²) >= 11 is 0. The fourth-order valence-corrected chi connectivity index (χ4v) is 2.03. The molecule has 0 aliphatic heterocycles. The summed E-state index contributed by atoms with van der Waals surface area (Å²) in [5.74, 6) is -0.192. The first-order valence-corrected chi connectivity index (χ1v) is 6.40. The van der Waals surface area contributed by atoms with Gasteiger partial charge in [-0.3, -0.25) is 0 Å². The molecule has 2 aromatic carbocycles. The fraction of sp³-hybridized carbons (Fsp3) is 0.250. The molecular formula is C16H19FN2. The number of halogens is 1. The number of rotatable bonds is 4. The van der Waals surface area contributed by atoms with Crippen LogP contribution in [0.15, 0.2) is 42.5 Å². The van der Waals surface area contributed by atoms with Gasteiger partial charge in [0.2, 0.25) is 0 Å². The second-order valence-electron chi connectivity index (χ2n) is 4.76. The van der Waals surface area contributed by atoms with Crippen LogP contribution in [-0.4, -0.2) is 6.54 Å². The van der Waals surface area contributed by atoms with E-state index in [-0.39, 0.29) is 11.9 Å². The van der Waals surface area contributed by atoms with Gasteiger partial charge in [-0.15, -0.1) is 0 Å². The van der Waals surface area contributed by atoms with Crippen LogP contribution in [0.3, 0.4) is 0 Å². The first-order chi connectivity index (χ1) is 9.11. The molecule has 0 amide bonds. The molecule has 2 nitrogen and oxygen atoms in total. The van der Waals surface area contributed by atoms with Crippen molar-refractivity contribution in [2.45, 2.75) is 19.9 Å². The number of benzene rings is 2. The Balaban J connectivity index is 2.25. The molecule has 0 aliphatic carbocycles. The van der Waals surface area contributed by atoms with Crippen LogP contribution in [0, 0.1) is 19.7 Å². The highest BCUT2D eigenvalue weighted by atomic mass is 19.1. The van der Waals surface area contributed by atoms with Crippen molar-refractivity contribution >= 4 is 5.69 Å². The predicted molar refractivity (Wildman–Crippen MR) is 77.7 cm³/mol. The van der Waals surface area contributed by atoms with Gasteiger partial charge in [0.1, 0.15) is 5.82 Å². The average Bonchev–Trinajstić information content (AvgIpc) is 2.41. The Bertz CT molecular complexity index is 566. The third-order valence-corrected chi connectivity index (χ3v) is 3.31. The summed E-state index contributed by atoms with van der Waals surface area (Å²) in [6, 6.07) is 13.2. The summed E-state index contributed by atoms with van der Waals surface area (Å²) in [5, 5.41) is 3.37. The lowest BCUT2D eigenvalue weighted by Gasteiger charge is -2.20. The summed E-state index contributed by atoms with van der Waals surface area (Å²) in [4.78, 5) is 0. The Hall–Kier alpha value is -1.87. The zero-order chi connectivity index (χ0) is 13.8. The number of anilines is 1. The third kappa shape index (κ3) is 3.12. The molecule has 2 aromatic rings. The van der Waals surface area contributed by atoms with Crippen LogP contribution in [0.4, 0.5) is 10.1 Å². The van der Waals surface area contributed by atoms with Gasteiger partial charge in [0.05, 0.1) is 6.04 Å². The molecule has 0 radical (unpaired) electrons. The standard InChI is InChI=1S/C16H19FN2/c1-11-7-8-13(9-14(11)17)16(10-18)19-15-6-4-3-5-12(15)2/h3-9,16,19H,10,18H2,1-2H3. The minimum Gasteiger partial charge on any atom is -0.377 e. The molecule has 3 heteroatoms. The largest absolute Gasteiger partial charge is 0.377 e. The maximum atomic E-state index is 13.6. The van der Waals surface area contributed by atoms with Gasteiger partial charge in [0, 0.05) is 12.2 Å². The summed E-state index contributed by atoms with van der Waals surface area (Å²) < 4.78 is 13.6. The van der Waals surface area contributed by atoms with Crippen molar-refractivity contribution in [2.75, 3.05) is 11.9 Å². The molecule has 0 saturated carbocycles. The maximum Gasteiger partial charge on any atom is 0.126 e. The van der Waals surface area contributed by atoms with Crippen LogP contribution in [-0.2, 0) is 0 Å². The van der Waals surface area contributed by atoms with Crippen LogP contribution in [0.5, 0.6) is 0 Å². The predicted octanol–water partition coefficient (Wildman–Crippen LogP) is 3.55. The minimum absolute atomic E-state index is 0.0869. The van der Waals surface area contributed by atoms with E-state index in [0.29, 0.717) is 12.1 Å². The molecule has 0 heterocycles. The first-order valence-electron chi connectivity index (χ1n) is 6.40. The highest BCUT2D eigenvalue weighted by Crippen LogP contribution is 2.22. The van der Waals surface area contributed by atoms with Crippen LogP contribution in [0.2, 0.25) is 0 Å². The number of hydrogen-bond acceptors (Lipinski definition) is 2. The second kappa shape index (κ2) is 5.85. The van der Waals surface area contributed by atoms with Gasteiger partial charge in [-0.25, -0.2) is 4.39 Å². The van der Waals surface area contributed by atoms with Crippen molar-refractivity contribution in [3.8, 4) is 0 Å². The fourth-order valence-electron chi connectivity index (χ4n) is 2.03. The molecule has 1 atom stereocenters. The molecule has 19 heavy (non-hydrogen) atoms. The van der Waals surface area contributed by atoms with Crippen molar-refractivity contribution in [3.05, 3.63) is 65.0 Å². The number of nitrogens with two attached hydrogens (primary N) is 1. The molecule has 1 unspecified atom stereocenters. The smallest absolute Gasteiger partial charge is 0.126 e. The summed E-state index contributed by atoms with van der Waals surface area (Å²) in [5.41, 5.74) is 9.50. The third-order valence-electron chi connectivity index (χ3n) is 3.31. The molecule has 100 valence electrons. The lowest BCUT2D eigenvalue weighted by atomic mass is 10.0. The van der Waals surface area contributed by atoms with E-state index in [4.69, 9.17) is 5.73 Å². The second-order valence-corrected chi connectivity index (χ2v) is 4.76. The lowest BCUT2D eigenvalue weighted by Crippen LogP contribution is -2.21. The van der Waals surface area contributed by atoms with Crippen LogP contribution in [0.1, 0.15) is 22.7 Å². The summed E-state index contributed by atoms with van der Waals surface area (Å²) in [7, 11) is 0. The van der Waals surface area contributed by atoms with E-state index in [1.54, 1.807) is 19.1 Å². The van der Waals surface area contributed by atoms with Gasteiger partial charge < -0.3 is 11.1 Å². The van der Waals surface area contributed by atoms with Crippen molar-refractivity contribution in [1.82, 2.24) is 0 Å². The lowest BCUT2D eigenvalue weighted by molar-refractivity contribution is 0.613. The molecule has 0 bridgehead atoms. The van der Waals surface area contributed by atoms with Gasteiger partial charge in [0.15, 0.2) is 0 Å². The van der Waals surface area contributed by atoms with Crippen molar-refractivity contribution < 1.29 is 4.39 Å². The molecule has 0 aromatic heterocycles. The molecular weight excluding hydrogens is 239 g/mol. The van der Waals surface area contributed by atoms with Crippen LogP contribution >= 0.6 is 0 Å². The monoisotopic (exact) mass is 258 g/mol. The Morgan fingerprint density at radius 3 is 2.47 bits per heavy atom. The zero-order valence-corrected chi connectivity index (χ0v) is 11.3. The van der Waals surface area contributed by atoms with Gasteiger partial charge in [-0.05, 0) is 42.7 Å². The van der Waals surface area contributed by atoms with E-state index < -0.39 is 0 Å². The maximum absolute atomic E-state index is 13.6. The summed E-state index contributed by atoms with van der Waals surface area (Å²) in [6.45, 7) is 4.20. The van der Waals surface area contributed by atoms with E-state index in [0.717, 1.165) is 16.8 Å². The van der Waals surface area contributed by atoms with E-state index in [9.17, 15) is 4.39 Å². The molecule has 2 rings (SSSR count). The van der Waals surface area contributed by atoms with Gasteiger partial charge in [-0.2, -0.15) is 0 Å². The highest BCUT2D eigenvalue weighted by Gasteiger charge is 2.12. The topological polar surface area (TPSA) is 38.0 Å². The van der Waals surface area contributed by atoms with E-state index in [1.807, 2.05) is 37.3 Å². The van der Waals surface area contributed by atoms with Gasteiger partial charge >= 0.3 is 0 Å². The number of nitrogens with one attached hydrogen (secondary N) is 1. The molecule has 0 fully saturated rings. The van der Waals surface area contributed by atoms with E-state index >= 15 is 0 Å². The van der Waals surface area contributed by atoms with Gasteiger partial charge in [0.25, 0.3) is 0 Å². The normalized spacial score (nSPS) is 12.2. The molecule has 3 N–H and O–H groups in total. The highest BCUT2D eigenvalue weighted by molar-refractivity contribution is 5.52. The number of hydrogen-bond donors (Lipinski definition) is 2. The van der Waals surface area contributed by atoms with Gasteiger partial charge in [-0.1, -0.05) is 30.3 Å². The van der Waals surface area contributed by atoms with E-state index in [1.165, 1.54) is 0 Å². The first kappa shape index (κ1) is 13.6. The Morgan fingerprint density at radius 2 is 1.84 bits per heavy atom. The Labute approximate surface area is 113 Å². The number of para-hydroxylation sites is 1. The quantitative estimate of drug-likeness (QED) is 0.880. The Morgan fingerprint density at radius 1 is 1.11 bits per heavy atom. The van der Waals surface area contributed by atoms with E-state index in [2.05, 4.69) is 5.32 Å². The SMILES string of the molecule is Cc1ccc(C(CN)Nc2ccccc2C)cc1F. The average molecular weight is 258 g/mol. The Kier molecular flexibility index (Phi) is 4.17. The molecule has 0 saturated heterocycles. The van der Waals surface area contributed by atoms with Crippen molar-refractivity contribution in [1.29, 1.82) is 0 Å². The van der Waals surface area contributed by atoms with Crippen molar-refractivity contribution in [3.63, 3.8) is 0 Å². The molecule has 0 spiro atoms. The minimum atomic E-state index is -0.192. The summed E-state index contributed by atoms with van der Waals surface area (Å²) in [6.07, 6.45) is 0. The van der Waals surface area contributed by atoms with Crippen LogP contribution in [0.25, 0.3) is 0 Å². The molecule has 0 aliphatic rings. The van der Waals surface area contributed by atoms with Crippen molar-refractivity contribution in [2.24, 2.45) is 5.73 Å². The zero-order valence-electron chi connectivity index (χ0n) is 11.3. The number of aryl methyl sites for hydroxylation is 2. The van der Waals surface area contributed by atoms with Crippen LogP contribution < -0.4 is 11.1 Å².